The molecule has 22 heavy (non-hydrogen) atoms. The average Bonchev–Trinajstić information content (AvgIpc) is 2.39. The lowest BCUT2D eigenvalue weighted by atomic mass is 10.0. The second kappa shape index (κ2) is 6.20. The van der Waals surface area contributed by atoms with E-state index in [0.29, 0.717) is 12.0 Å². The minimum Gasteiger partial charge on any atom is -0.322 e. The molecule has 1 aromatic heterocycles. The Kier molecular flexibility index (Phi) is 4.69. The lowest BCUT2D eigenvalue weighted by Gasteiger charge is -2.12. The maximum Gasteiger partial charge on any atom is 0.278 e. The predicted octanol–water partition coefficient (Wildman–Crippen LogP) is 1.08. The number of aromatic nitrogens is 1. The lowest BCUT2D eigenvalue weighted by Crippen LogP contribution is -2.37. The third kappa shape index (κ3) is 3.55. The number of pyridine rings is 1. The Morgan fingerprint density at radius 3 is 2.50 bits per heavy atom. The molecule has 0 unspecified atom stereocenters. The Balaban J connectivity index is 2.26. The Morgan fingerprint density at radius 1 is 1.18 bits per heavy atom. The Morgan fingerprint density at radius 2 is 1.86 bits per heavy atom. The molecule has 7 heteroatoms. The lowest BCUT2D eigenvalue weighted by molar-refractivity contribution is 0.506. The minimum absolute atomic E-state index is 0.179. The van der Waals surface area contributed by atoms with Crippen LogP contribution in [0.15, 0.2) is 23.0 Å². The van der Waals surface area contributed by atoms with Crippen molar-refractivity contribution in [3.8, 4) is 0 Å². The van der Waals surface area contributed by atoms with Gasteiger partial charge in [0.15, 0.2) is 0 Å². The molecule has 2 aromatic rings. The fraction of sp³-hybridized carbons (Fsp3) is 0.400. The second-order valence-electron chi connectivity index (χ2n) is 5.60. The van der Waals surface area contributed by atoms with Crippen LogP contribution in [0.3, 0.4) is 0 Å². The van der Waals surface area contributed by atoms with Crippen LogP contribution in [0.2, 0.25) is 0 Å². The number of aryl methyl sites for hydroxylation is 2. The highest BCUT2D eigenvalue weighted by Crippen LogP contribution is 2.18. The van der Waals surface area contributed by atoms with Crippen molar-refractivity contribution in [1.82, 2.24) is 14.0 Å². The molecule has 0 bridgehead atoms. The molecular weight excluding hydrogens is 302 g/mol. The average molecular weight is 323 g/mol. The SMILES string of the molecule is Cc1cc(C)c2cc(CCNS(=O)(=O)N(C)C)c(=O)[nH]c2c1. The van der Waals surface area contributed by atoms with Crippen LogP contribution in [-0.2, 0) is 16.6 Å². The summed E-state index contributed by atoms with van der Waals surface area (Å²) in [6.45, 7) is 4.15. The van der Waals surface area contributed by atoms with Gasteiger partial charge in [0, 0.05) is 37.1 Å². The Hall–Kier alpha value is -1.70. The number of nitrogens with one attached hydrogen (secondary N) is 2. The molecule has 0 fully saturated rings. The first-order valence-corrected chi connectivity index (χ1v) is 8.45. The number of H-pyrrole nitrogens is 1. The summed E-state index contributed by atoms with van der Waals surface area (Å²) in [5.41, 5.74) is 3.37. The molecular formula is C15H21N3O3S. The summed E-state index contributed by atoms with van der Waals surface area (Å²) in [6.07, 6.45) is 0.339. The number of hydrogen-bond acceptors (Lipinski definition) is 3. The van der Waals surface area contributed by atoms with Gasteiger partial charge in [-0.3, -0.25) is 4.79 Å². The van der Waals surface area contributed by atoms with Crippen molar-refractivity contribution >= 4 is 21.1 Å². The fourth-order valence-corrected chi connectivity index (χ4v) is 2.96. The molecule has 120 valence electrons. The molecule has 0 atom stereocenters. The van der Waals surface area contributed by atoms with Crippen molar-refractivity contribution in [3.63, 3.8) is 0 Å². The quantitative estimate of drug-likeness (QED) is 0.864. The summed E-state index contributed by atoms with van der Waals surface area (Å²) in [4.78, 5) is 15.0. The van der Waals surface area contributed by atoms with Gasteiger partial charge in [-0.2, -0.15) is 12.7 Å². The van der Waals surface area contributed by atoms with Crippen LogP contribution in [0.4, 0.5) is 0 Å². The van der Waals surface area contributed by atoms with Gasteiger partial charge in [0.05, 0.1) is 0 Å². The van der Waals surface area contributed by atoms with Gasteiger partial charge >= 0.3 is 0 Å². The van der Waals surface area contributed by atoms with E-state index in [9.17, 15) is 13.2 Å². The van der Waals surface area contributed by atoms with Gasteiger partial charge < -0.3 is 4.98 Å². The predicted molar refractivity (Wildman–Crippen MR) is 88.4 cm³/mol. The van der Waals surface area contributed by atoms with E-state index in [0.717, 1.165) is 26.3 Å². The highest BCUT2D eigenvalue weighted by Gasteiger charge is 2.12. The number of hydrogen-bond donors (Lipinski definition) is 2. The van der Waals surface area contributed by atoms with Crippen LogP contribution in [-0.4, -0.2) is 38.3 Å². The normalized spacial score (nSPS) is 12.2. The highest BCUT2D eigenvalue weighted by molar-refractivity contribution is 7.87. The van der Waals surface area contributed by atoms with Crippen LogP contribution in [0.5, 0.6) is 0 Å². The van der Waals surface area contributed by atoms with Crippen molar-refractivity contribution in [1.29, 1.82) is 0 Å². The summed E-state index contributed by atoms with van der Waals surface area (Å²) < 4.78 is 26.8. The summed E-state index contributed by atoms with van der Waals surface area (Å²) in [5, 5.41) is 0.982. The van der Waals surface area contributed by atoms with Crippen molar-refractivity contribution in [2.24, 2.45) is 0 Å². The largest absolute Gasteiger partial charge is 0.322 e. The van der Waals surface area contributed by atoms with Crippen LogP contribution >= 0.6 is 0 Å². The van der Waals surface area contributed by atoms with E-state index in [1.54, 1.807) is 0 Å². The molecule has 1 heterocycles. The fourth-order valence-electron chi connectivity index (χ4n) is 2.35. The van der Waals surface area contributed by atoms with Crippen molar-refractivity contribution < 1.29 is 8.42 Å². The van der Waals surface area contributed by atoms with Gasteiger partial charge in [-0.25, -0.2) is 4.72 Å². The van der Waals surface area contributed by atoms with E-state index >= 15 is 0 Å². The summed E-state index contributed by atoms with van der Waals surface area (Å²) >= 11 is 0. The van der Waals surface area contributed by atoms with Crippen LogP contribution in [0, 0.1) is 13.8 Å². The van der Waals surface area contributed by atoms with E-state index in [1.165, 1.54) is 14.1 Å². The highest BCUT2D eigenvalue weighted by atomic mass is 32.2. The van der Waals surface area contributed by atoms with Crippen molar-refractivity contribution in [2.75, 3.05) is 20.6 Å². The van der Waals surface area contributed by atoms with E-state index in [4.69, 9.17) is 0 Å². The number of nitrogens with zero attached hydrogens (tertiary/aromatic N) is 1. The topological polar surface area (TPSA) is 82.3 Å². The first-order valence-electron chi connectivity index (χ1n) is 7.01. The maximum atomic E-state index is 12.1. The zero-order chi connectivity index (χ0) is 16.5. The summed E-state index contributed by atoms with van der Waals surface area (Å²) in [5.74, 6) is 0. The summed E-state index contributed by atoms with van der Waals surface area (Å²) in [6, 6.07) is 5.83. The molecule has 0 spiro atoms. The monoisotopic (exact) mass is 323 g/mol. The Labute approximate surface area is 130 Å². The molecule has 0 saturated heterocycles. The number of fused-ring (bicyclic) bond motifs is 1. The molecule has 0 amide bonds. The van der Waals surface area contributed by atoms with E-state index in [-0.39, 0.29) is 12.1 Å². The van der Waals surface area contributed by atoms with Gasteiger partial charge in [0.2, 0.25) is 0 Å². The van der Waals surface area contributed by atoms with Crippen LogP contribution < -0.4 is 10.3 Å². The smallest absolute Gasteiger partial charge is 0.278 e. The molecule has 0 aliphatic heterocycles. The Bertz CT molecular complexity index is 854. The van der Waals surface area contributed by atoms with Gasteiger partial charge in [-0.1, -0.05) is 6.07 Å². The minimum atomic E-state index is -3.47. The third-order valence-corrected chi connectivity index (χ3v) is 5.08. The maximum absolute atomic E-state index is 12.1. The number of aromatic amines is 1. The molecule has 0 saturated carbocycles. The second-order valence-corrected chi connectivity index (χ2v) is 7.57. The van der Waals surface area contributed by atoms with Crippen LogP contribution in [0.1, 0.15) is 16.7 Å². The first kappa shape index (κ1) is 16.7. The van der Waals surface area contributed by atoms with Gasteiger partial charge in [-0.15, -0.1) is 0 Å². The molecule has 2 N–H and O–H groups in total. The van der Waals surface area contributed by atoms with Crippen molar-refractivity contribution in [2.45, 2.75) is 20.3 Å². The van der Waals surface area contributed by atoms with E-state index in [2.05, 4.69) is 15.8 Å². The molecule has 6 nitrogen and oxygen atoms in total. The summed E-state index contributed by atoms with van der Waals surface area (Å²) in [7, 11) is -0.556. The zero-order valence-corrected chi connectivity index (χ0v) is 14.0. The van der Waals surface area contributed by atoms with E-state index < -0.39 is 10.2 Å². The molecule has 2 rings (SSSR count). The third-order valence-electron chi connectivity index (χ3n) is 3.55. The van der Waals surface area contributed by atoms with E-state index in [1.807, 2.05) is 26.0 Å². The van der Waals surface area contributed by atoms with Gasteiger partial charge in [0.25, 0.3) is 15.8 Å². The molecule has 0 radical (unpaired) electrons. The molecule has 0 aliphatic carbocycles. The number of benzene rings is 1. The zero-order valence-electron chi connectivity index (χ0n) is 13.2. The standard InChI is InChI=1S/C15H21N3O3S/c1-10-7-11(2)13-9-12(15(19)17-14(13)8-10)5-6-16-22(20,21)18(3)4/h7-9,16H,5-6H2,1-4H3,(H,17,19). The first-order chi connectivity index (χ1) is 10.2. The molecule has 1 aromatic carbocycles. The van der Waals surface area contributed by atoms with Gasteiger partial charge in [0.1, 0.15) is 0 Å². The van der Waals surface area contributed by atoms with Gasteiger partial charge in [-0.05, 0) is 43.5 Å². The van der Waals surface area contributed by atoms with Crippen molar-refractivity contribution in [3.05, 3.63) is 45.2 Å². The number of rotatable bonds is 5. The molecule has 0 aliphatic rings. The van der Waals surface area contributed by atoms with Crippen LogP contribution in [0.25, 0.3) is 10.9 Å².